The minimum atomic E-state index is -4.03. The van der Waals surface area contributed by atoms with Crippen LogP contribution in [0.2, 0.25) is 0 Å². The molecule has 1 aromatic rings. The van der Waals surface area contributed by atoms with Crippen LogP contribution < -0.4 is 5.73 Å². The monoisotopic (exact) mass is 276 g/mol. The zero-order chi connectivity index (χ0) is 13.9. The van der Waals surface area contributed by atoms with E-state index < -0.39 is 12.1 Å². The number of nitrogens with zero attached hydrogens (tertiary/aromatic N) is 3. The lowest BCUT2D eigenvalue weighted by molar-refractivity contribution is -0.185. The number of aryl methyl sites for hydroxylation is 1. The normalized spacial score (nSPS) is 18.9. The van der Waals surface area contributed by atoms with E-state index in [0.29, 0.717) is 18.9 Å². The minimum absolute atomic E-state index is 0.220. The van der Waals surface area contributed by atoms with Crippen molar-refractivity contribution in [1.82, 2.24) is 14.7 Å². The summed E-state index contributed by atoms with van der Waals surface area (Å²) in [6, 6.07) is 1.73. The van der Waals surface area contributed by atoms with Gasteiger partial charge in [0.1, 0.15) is 5.82 Å². The fourth-order valence-electron chi connectivity index (χ4n) is 2.44. The quantitative estimate of drug-likeness (QED) is 0.916. The number of hydrogen-bond donors (Lipinski definition) is 1. The second kappa shape index (κ2) is 5.81. The topological polar surface area (TPSA) is 47.1 Å². The summed E-state index contributed by atoms with van der Waals surface area (Å²) in [6.07, 6.45) is -0.905. The molecule has 0 unspecified atom stereocenters. The molecule has 1 saturated heterocycles. The summed E-state index contributed by atoms with van der Waals surface area (Å²) in [5, 5.41) is 4.06. The van der Waals surface area contributed by atoms with Crippen LogP contribution in [0.1, 0.15) is 19.3 Å². The molecule has 0 aromatic carbocycles. The van der Waals surface area contributed by atoms with Crippen LogP contribution in [0.4, 0.5) is 19.0 Å². The predicted octanol–water partition coefficient (Wildman–Crippen LogP) is 2.13. The maximum Gasteiger partial charge on any atom is 0.391 e. The highest BCUT2D eigenvalue weighted by atomic mass is 19.4. The first-order valence-corrected chi connectivity index (χ1v) is 6.53. The molecule has 1 aliphatic heterocycles. The first kappa shape index (κ1) is 14.2. The molecule has 1 aliphatic rings. The molecule has 2 heterocycles. The fourth-order valence-corrected chi connectivity index (χ4v) is 2.44. The van der Waals surface area contributed by atoms with Crippen molar-refractivity contribution in [3.63, 3.8) is 0 Å². The second-order valence-electron chi connectivity index (χ2n) is 5.01. The molecule has 19 heavy (non-hydrogen) atoms. The molecule has 4 nitrogen and oxygen atoms in total. The van der Waals surface area contributed by atoms with Gasteiger partial charge in [-0.25, -0.2) is 0 Å². The van der Waals surface area contributed by atoms with Crippen molar-refractivity contribution in [2.24, 2.45) is 5.92 Å². The summed E-state index contributed by atoms with van der Waals surface area (Å²) in [4.78, 5) is 2.09. The Morgan fingerprint density at radius 3 is 2.47 bits per heavy atom. The van der Waals surface area contributed by atoms with Gasteiger partial charge in [-0.3, -0.25) is 4.68 Å². The Bertz CT molecular complexity index is 394. The van der Waals surface area contributed by atoms with Crippen molar-refractivity contribution in [3.05, 3.63) is 12.3 Å². The molecule has 0 atom stereocenters. The van der Waals surface area contributed by atoms with Gasteiger partial charge in [0, 0.05) is 12.7 Å². The third kappa shape index (κ3) is 4.12. The molecule has 2 N–H and O–H groups in total. The van der Waals surface area contributed by atoms with E-state index in [1.807, 2.05) is 6.20 Å². The highest BCUT2D eigenvalue weighted by Crippen LogP contribution is 2.33. The summed E-state index contributed by atoms with van der Waals surface area (Å²) in [6.45, 7) is 2.62. The number of anilines is 1. The van der Waals surface area contributed by atoms with Crippen molar-refractivity contribution in [3.8, 4) is 0 Å². The van der Waals surface area contributed by atoms with E-state index in [-0.39, 0.29) is 12.8 Å². The van der Waals surface area contributed by atoms with Crippen LogP contribution in [0.25, 0.3) is 0 Å². The largest absolute Gasteiger partial charge is 0.391 e. The van der Waals surface area contributed by atoms with Crippen molar-refractivity contribution in [1.29, 1.82) is 0 Å². The molecule has 0 amide bonds. The van der Waals surface area contributed by atoms with E-state index in [1.165, 1.54) is 0 Å². The van der Waals surface area contributed by atoms with Gasteiger partial charge >= 0.3 is 6.18 Å². The van der Waals surface area contributed by atoms with Crippen LogP contribution in [0.15, 0.2) is 12.3 Å². The number of aromatic nitrogens is 2. The second-order valence-corrected chi connectivity index (χ2v) is 5.01. The maximum absolute atomic E-state index is 12.5. The van der Waals surface area contributed by atoms with Crippen LogP contribution in [0.5, 0.6) is 0 Å². The van der Waals surface area contributed by atoms with Crippen molar-refractivity contribution < 1.29 is 13.2 Å². The Hall–Kier alpha value is -1.24. The number of nitrogens with two attached hydrogens (primary N) is 1. The van der Waals surface area contributed by atoms with E-state index in [9.17, 15) is 13.2 Å². The zero-order valence-corrected chi connectivity index (χ0v) is 10.7. The van der Waals surface area contributed by atoms with Crippen molar-refractivity contribution in [2.75, 3.05) is 25.4 Å². The van der Waals surface area contributed by atoms with Gasteiger partial charge in [-0.15, -0.1) is 0 Å². The van der Waals surface area contributed by atoms with E-state index in [4.69, 9.17) is 5.73 Å². The highest BCUT2D eigenvalue weighted by Gasteiger charge is 2.40. The number of likely N-dealkylation sites (tertiary alicyclic amines) is 1. The molecular formula is C12H19F3N4. The van der Waals surface area contributed by atoms with E-state index in [2.05, 4.69) is 10.00 Å². The van der Waals surface area contributed by atoms with Gasteiger partial charge in [-0.2, -0.15) is 18.3 Å². The molecule has 0 aliphatic carbocycles. The Morgan fingerprint density at radius 1 is 1.26 bits per heavy atom. The summed E-state index contributed by atoms with van der Waals surface area (Å²) in [7, 11) is 0. The standard InChI is InChI=1S/C12H19F3N4/c13-12(14,15)10-2-7-18(8-3-10)5-1-6-19-9-4-11(16)17-19/h4,9-10H,1-3,5-8H2,(H2,16,17). The van der Waals surface area contributed by atoms with E-state index in [0.717, 1.165) is 19.5 Å². The number of hydrogen-bond acceptors (Lipinski definition) is 3. The summed E-state index contributed by atoms with van der Waals surface area (Å²) in [5.41, 5.74) is 5.50. The third-order valence-electron chi connectivity index (χ3n) is 3.57. The van der Waals surface area contributed by atoms with E-state index >= 15 is 0 Å². The van der Waals surface area contributed by atoms with Gasteiger partial charge in [0.2, 0.25) is 0 Å². The molecule has 1 aromatic heterocycles. The first-order valence-electron chi connectivity index (χ1n) is 6.53. The number of halogens is 3. The van der Waals surface area contributed by atoms with Gasteiger partial charge in [0.15, 0.2) is 0 Å². The Labute approximate surface area is 110 Å². The van der Waals surface area contributed by atoms with Crippen molar-refractivity contribution >= 4 is 5.82 Å². The van der Waals surface area contributed by atoms with Gasteiger partial charge < -0.3 is 10.6 Å². The Balaban J connectivity index is 1.66. The fraction of sp³-hybridized carbons (Fsp3) is 0.750. The molecule has 7 heteroatoms. The molecule has 0 spiro atoms. The first-order chi connectivity index (χ1) is 8.95. The van der Waals surface area contributed by atoms with Gasteiger partial charge in [0.05, 0.1) is 5.92 Å². The molecule has 0 radical (unpaired) electrons. The Morgan fingerprint density at radius 2 is 1.95 bits per heavy atom. The average molecular weight is 276 g/mol. The molecular weight excluding hydrogens is 257 g/mol. The van der Waals surface area contributed by atoms with Crippen LogP contribution in [0, 0.1) is 5.92 Å². The average Bonchev–Trinajstić information content (AvgIpc) is 2.75. The lowest BCUT2D eigenvalue weighted by atomic mass is 9.96. The summed E-state index contributed by atoms with van der Waals surface area (Å²) < 4.78 is 39.3. The third-order valence-corrected chi connectivity index (χ3v) is 3.57. The summed E-state index contributed by atoms with van der Waals surface area (Å²) in [5.74, 6) is -0.624. The lowest BCUT2D eigenvalue weighted by Gasteiger charge is -2.32. The summed E-state index contributed by atoms with van der Waals surface area (Å²) >= 11 is 0. The predicted molar refractivity (Wildman–Crippen MR) is 66.5 cm³/mol. The van der Waals surface area contributed by atoms with Crippen molar-refractivity contribution in [2.45, 2.75) is 32.0 Å². The molecule has 0 bridgehead atoms. The molecule has 0 saturated carbocycles. The van der Waals surface area contributed by atoms with Gasteiger partial charge in [-0.1, -0.05) is 0 Å². The number of nitrogen functional groups attached to an aromatic ring is 1. The number of rotatable bonds is 4. The Kier molecular flexibility index (Phi) is 4.34. The highest BCUT2D eigenvalue weighted by molar-refractivity contribution is 5.23. The minimum Gasteiger partial charge on any atom is -0.382 e. The van der Waals surface area contributed by atoms with Crippen LogP contribution in [0.3, 0.4) is 0 Å². The lowest BCUT2D eigenvalue weighted by Crippen LogP contribution is -2.39. The van der Waals surface area contributed by atoms with Crippen LogP contribution in [-0.2, 0) is 6.54 Å². The van der Waals surface area contributed by atoms with Crippen LogP contribution in [-0.4, -0.2) is 40.5 Å². The smallest absolute Gasteiger partial charge is 0.382 e. The zero-order valence-electron chi connectivity index (χ0n) is 10.7. The number of piperidine rings is 1. The molecule has 108 valence electrons. The number of alkyl halides is 3. The van der Waals surface area contributed by atoms with Gasteiger partial charge in [-0.05, 0) is 45.0 Å². The van der Waals surface area contributed by atoms with Gasteiger partial charge in [0.25, 0.3) is 0 Å². The SMILES string of the molecule is Nc1ccn(CCCN2CCC(C(F)(F)F)CC2)n1. The maximum atomic E-state index is 12.5. The van der Waals surface area contributed by atoms with E-state index in [1.54, 1.807) is 10.7 Å². The molecule has 1 fully saturated rings. The van der Waals surface area contributed by atoms with Crippen LogP contribution >= 0.6 is 0 Å². The molecule has 2 rings (SSSR count).